The van der Waals surface area contributed by atoms with Gasteiger partial charge in [-0.3, -0.25) is 4.79 Å². The van der Waals surface area contributed by atoms with E-state index in [1.165, 1.54) is 0 Å². The van der Waals surface area contributed by atoms with Crippen LogP contribution in [0.15, 0.2) is 12.4 Å². The molecule has 0 amide bonds. The van der Waals surface area contributed by atoms with Gasteiger partial charge in [0.1, 0.15) is 5.82 Å². The molecular weight excluding hydrogens is 295 g/mol. The van der Waals surface area contributed by atoms with Crippen LogP contribution in [0, 0.1) is 11.8 Å². The predicted octanol–water partition coefficient (Wildman–Crippen LogP) is 0.874. The van der Waals surface area contributed by atoms with Crippen molar-refractivity contribution >= 4 is 17.8 Å². The number of carbonyl (C=O) groups is 2. The molecule has 1 aliphatic rings. The number of aliphatic carboxylic acids is 1. The normalized spacial score (nSPS) is 22.3. The molecule has 0 bridgehead atoms. The molecule has 2 N–H and O–H groups in total. The SMILES string of the molecule is O=C(O)c1cnc(N2C[C@@H](C(F)(F)F)[C@H](C(=O)O)C2)cn1. The lowest BCUT2D eigenvalue weighted by Crippen LogP contribution is -2.33. The lowest BCUT2D eigenvalue weighted by atomic mass is 9.96. The maximum Gasteiger partial charge on any atom is 0.394 e. The number of alkyl halides is 3. The Morgan fingerprint density at radius 2 is 1.86 bits per heavy atom. The van der Waals surface area contributed by atoms with E-state index in [-0.39, 0.29) is 18.1 Å². The number of rotatable bonds is 3. The molecule has 0 unspecified atom stereocenters. The van der Waals surface area contributed by atoms with E-state index in [0.717, 1.165) is 17.3 Å². The van der Waals surface area contributed by atoms with Crippen molar-refractivity contribution in [2.24, 2.45) is 11.8 Å². The van der Waals surface area contributed by atoms with E-state index in [2.05, 4.69) is 9.97 Å². The molecule has 2 heterocycles. The third-order valence-electron chi connectivity index (χ3n) is 3.24. The number of carboxylic acid groups (broad SMARTS) is 2. The van der Waals surface area contributed by atoms with Crippen LogP contribution in [-0.2, 0) is 4.79 Å². The third-order valence-corrected chi connectivity index (χ3v) is 3.24. The second kappa shape index (κ2) is 5.19. The van der Waals surface area contributed by atoms with Gasteiger partial charge in [-0.1, -0.05) is 0 Å². The van der Waals surface area contributed by atoms with Crippen LogP contribution in [0.1, 0.15) is 10.5 Å². The molecule has 0 aromatic carbocycles. The van der Waals surface area contributed by atoms with E-state index in [0.29, 0.717) is 0 Å². The fraction of sp³-hybridized carbons (Fsp3) is 0.455. The number of nitrogens with zero attached hydrogens (tertiary/aromatic N) is 3. The van der Waals surface area contributed by atoms with Crippen molar-refractivity contribution < 1.29 is 33.0 Å². The molecule has 114 valence electrons. The van der Waals surface area contributed by atoms with Crippen LogP contribution in [0.3, 0.4) is 0 Å². The maximum absolute atomic E-state index is 12.8. The Bertz CT molecular complexity index is 561. The van der Waals surface area contributed by atoms with Gasteiger partial charge in [-0.25, -0.2) is 14.8 Å². The topological polar surface area (TPSA) is 104 Å². The van der Waals surface area contributed by atoms with Gasteiger partial charge < -0.3 is 15.1 Å². The fourth-order valence-corrected chi connectivity index (χ4v) is 2.17. The minimum Gasteiger partial charge on any atom is -0.481 e. The van der Waals surface area contributed by atoms with Crippen LogP contribution < -0.4 is 4.90 Å². The van der Waals surface area contributed by atoms with E-state index >= 15 is 0 Å². The lowest BCUT2D eigenvalue weighted by molar-refractivity contribution is -0.187. The van der Waals surface area contributed by atoms with Gasteiger partial charge in [0.15, 0.2) is 5.69 Å². The average molecular weight is 305 g/mol. The Morgan fingerprint density at radius 1 is 1.19 bits per heavy atom. The second-order valence-corrected chi connectivity index (χ2v) is 4.56. The molecule has 0 saturated carbocycles. The Hall–Kier alpha value is -2.39. The van der Waals surface area contributed by atoms with Crippen LogP contribution in [0.25, 0.3) is 0 Å². The minimum absolute atomic E-state index is 0.0120. The Labute approximate surface area is 116 Å². The number of carboxylic acids is 2. The molecule has 0 radical (unpaired) electrons. The van der Waals surface area contributed by atoms with Crippen molar-refractivity contribution in [3.8, 4) is 0 Å². The molecule has 0 aliphatic carbocycles. The summed E-state index contributed by atoms with van der Waals surface area (Å²) in [6.07, 6.45) is -2.71. The van der Waals surface area contributed by atoms with Crippen molar-refractivity contribution in [3.63, 3.8) is 0 Å². The molecule has 1 fully saturated rings. The number of aromatic carboxylic acids is 1. The summed E-state index contributed by atoms with van der Waals surface area (Å²) in [5.74, 6) is -6.43. The van der Waals surface area contributed by atoms with Crippen molar-refractivity contribution in [1.82, 2.24) is 9.97 Å². The highest BCUT2D eigenvalue weighted by atomic mass is 19.4. The molecule has 21 heavy (non-hydrogen) atoms. The van der Waals surface area contributed by atoms with E-state index in [9.17, 15) is 22.8 Å². The molecule has 2 atom stereocenters. The molecule has 1 aliphatic heterocycles. The lowest BCUT2D eigenvalue weighted by Gasteiger charge is -2.18. The highest BCUT2D eigenvalue weighted by Gasteiger charge is 2.52. The summed E-state index contributed by atoms with van der Waals surface area (Å²) in [6.45, 7) is -0.915. The monoisotopic (exact) mass is 305 g/mol. The zero-order valence-corrected chi connectivity index (χ0v) is 10.4. The molecule has 1 aromatic rings. The predicted molar refractivity (Wildman–Crippen MR) is 61.9 cm³/mol. The summed E-state index contributed by atoms with van der Waals surface area (Å²) in [5, 5.41) is 17.6. The largest absolute Gasteiger partial charge is 0.481 e. The van der Waals surface area contributed by atoms with Crippen molar-refractivity contribution in [1.29, 1.82) is 0 Å². The van der Waals surface area contributed by atoms with Crippen LogP contribution in [0.4, 0.5) is 19.0 Å². The van der Waals surface area contributed by atoms with Gasteiger partial charge in [-0.05, 0) is 0 Å². The summed E-state index contributed by atoms with van der Waals surface area (Å²) >= 11 is 0. The smallest absolute Gasteiger partial charge is 0.394 e. The van der Waals surface area contributed by atoms with E-state index in [1.807, 2.05) is 0 Å². The van der Waals surface area contributed by atoms with Gasteiger partial charge in [-0.2, -0.15) is 13.2 Å². The standard InChI is InChI=1S/C11H10F3N3O4/c12-11(13,14)6-4-17(3-5(6)9(18)19)8-2-15-7(1-16-8)10(20)21/h1-2,5-6H,3-4H2,(H,18,19)(H,20,21)/t5-,6-/m1/s1. The zero-order chi connectivity index (χ0) is 15.8. The molecule has 7 nitrogen and oxygen atoms in total. The molecule has 1 saturated heterocycles. The highest BCUT2D eigenvalue weighted by Crippen LogP contribution is 2.38. The number of hydrogen-bond acceptors (Lipinski definition) is 5. The first-order valence-electron chi connectivity index (χ1n) is 5.80. The summed E-state index contributed by atoms with van der Waals surface area (Å²) in [4.78, 5) is 30.0. The minimum atomic E-state index is -4.63. The summed E-state index contributed by atoms with van der Waals surface area (Å²) in [7, 11) is 0. The van der Waals surface area contributed by atoms with Crippen LogP contribution in [0.5, 0.6) is 0 Å². The summed E-state index contributed by atoms with van der Waals surface area (Å²) in [5.41, 5.74) is -0.347. The number of aromatic nitrogens is 2. The van der Waals surface area contributed by atoms with Gasteiger partial charge >= 0.3 is 18.1 Å². The molecule has 10 heteroatoms. The number of hydrogen-bond donors (Lipinski definition) is 2. The first kappa shape index (κ1) is 15.0. The van der Waals surface area contributed by atoms with Gasteiger partial charge in [-0.15, -0.1) is 0 Å². The van der Waals surface area contributed by atoms with Crippen LogP contribution in [-0.4, -0.2) is 51.4 Å². The molecule has 1 aromatic heterocycles. The third kappa shape index (κ3) is 3.03. The number of halogens is 3. The Kier molecular flexibility index (Phi) is 3.71. The molecule has 0 spiro atoms. The van der Waals surface area contributed by atoms with Crippen molar-refractivity contribution in [2.75, 3.05) is 18.0 Å². The van der Waals surface area contributed by atoms with Crippen LogP contribution in [0.2, 0.25) is 0 Å². The quantitative estimate of drug-likeness (QED) is 0.854. The van der Waals surface area contributed by atoms with Gasteiger partial charge in [0.05, 0.1) is 24.2 Å². The van der Waals surface area contributed by atoms with E-state index in [4.69, 9.17) is 10.2 Å². The first-order chi connectivity index (χ1) is 9.70. The fourth-order valence-electron chi connectivity index (χ4n) is 2.17. The number of anilines is 1. The first-order valence-corrected chi connectivity index (χ1v) is 5.80. The summed E-state index contributed by atoms with van der Waals surface area (Å²) < 4.78 is 38.5. The van der Waals surface area contributed by atoms with Gasteiger partial charge in [0, 0.05) is 13.1 Å². The zero-order valence-electron chi connectivity index (χ0n) is 10.4. The maximum atomic E-state index is 12.8. The Morgan fingerprint density at radius 3 is 2.24 bits per heavy atom. The average Bonchev–Trinajstić information content (AvgIpc) is 2.84. The highest BCUT2D eigenvalue weighted by molar-refractivity contribution is 5.85. The van der Waals surface area contributed by atoms with E-state index < -0.39 is 36.5 Å². The Balaban J connectivity index is 2.22. The van der Waals surface area contributed by atoms with Crippen LogP contribution >= 0.6 is 0 Å². The molecule has 2 rings (SSSR count). The second-order valence-electron chi connectivity index (χ2n) is 4.56. The van der Waals surface area contributed by atoms with Crippen molar-refractivity contribution in [2.45, 2.75) is 6.18 Å². The molecular formula is C11H10F3N3O4. The van der Waals surface area contributed by atoms with Gasteiger partial charge in [0.2, 0.25) is 0 Å². The van der Waals surface area contributed by atoms with Crippen molar-refractivity contribution in [3.05, 3.63) is 18.1 Å². The summed E-state index contributed by atoms with van der Waals surface area (Å²) in [6, 6.07) is 0. The van der Waals surface area contributed by atoms with E-state index in [1.54, 1.807) is 0 Å². The van der Waals surface area contributed by atoms with Gasteiger partial charge in [0.25, 0.3) is 0 Å².